The van der Waals surface area contributed by atoms with Gasteiger partial charge in [-0.25, -0.2) is 0 Å². The van der Waals surface area contributed by atoms with Crippen molar-refractivity contribution in [2.45, 2.75) is 19.1 Å². The van der Waals surface area contributed by atoms with Crippen molar-refractivity contribution < 1.29 is 9.52 Å². The molecule has 0 aliphatic carbocycles. The molecule has 0 spiro atoms. The van der Waals surface area contributed by atoms with Gasteiger partial charge in [-0.15, -0.1) is 0 Å². The molecule has 1 rings (SSSR count). The largest absolute Gasteiger partial charge is 0.472 e. The summed E-state index contributed by atoms with van der Waals surface area (Å²) in [5.41, 5.74) is 0.466. The summed E-state index contributed by atoms with van der Waals surface area (Å²) in [4.78, 5) is 0. The molecule has 1 aromatic heterocycles. The maximum absolute atomic E-state index is 9.84. The molecule has 0 amide bonds. The molecule has 80 valence electrons. The number of hydrogen-bond acceptors (Lipinski definition) is 4. The first-order valence-electron chi connectivity index (χ1n) is 4.57. The van der Waals surface area contributed by atoms with E-state index in [2.05, 4.69) is 5.32 Å². The summed E-state index contributed by atoms with van der Waals surface area (Å²) in [5.74, 6) is 0.741. The summed E-state index contributed by atoms with van der Waals surface area (Å²) in [7, 11) is 0. The van der Waals surface area contributed by atoms with Crippen LogP contribution in [0.2, 0.25) is 0 Å². The molecule has 0 aromatic carbocycles. The van der Waals surface area contributed by atoms with Crippen molar-refractivity contribution in [3.05, 3.63) is 24.2 Å². The van der Waals surface area contributed by atoms with Crippen LogP contribution in [0.1, 0.15) is 12.5 Å². The zero-order valence-electron chi connectivity index (χ0n) is 8.62. The maximum atomic E-state index is 9.84. The highest BCUT2D eigenvalue weighted by Crippen LogP contribution is 2.09. The van der Waals surface area contributed by atoms with Crippen LogP contribution in [0.4, 0.5) is 0 Å². The third-order valence-electron chi connectivity index (χ3n) is 1.87. The zero-order valence-corrected chi connectivity index (χ0v) is 9.43. The summed E-state index contributed by atoms with van der Waals surface area (Å²) in [6, 6.07) is 1.91. The number of thioether (sulfide) groups is 1. The summed E-state index contributed by atoms with van der Waals surface area (Å²) in [5, 5.41) is 13.0. The lowest BCUT2D eigenvalue weighted by Crippen LogP contribution is -2.39. The number of rotatable bonds is 6. The smallest absolute Gasteiger partial charge is 0.0947 e. The van der Waals surface area contributed by atoms with Crippen molar-refractivity contribution in [1.29, 1.82) is 0 Å². The van der Waals surface area contributed by atoms with Crippen LogP contribution < -0.4 is 5.32 Å². The van der Waals surface area contributed by atoms with Gasteiger partial charge in [0.2, 0.25) is 0 Å². The molecule has 4 heteroatoms. The predicted octanol–water partition coefficient (Wildman–Crippen LogP) is 1.48. The Kier molecular flexibility index (Phi) is 4.51. The van der Waals surface area contributed by atoms with Gasteiger partial charge in [0.25, 0.3) is 0 Å². The number of furan rings is 1. The fraction of sp³-hybridized carbons (Fsp3) is 0.600. The molecule has 0 radical (unpaired) electrons. The van der Waals surface area contributed by atoms with Gasteiger partial charge in [-0.3, -0.25) is 0 Å². The Morgan fingerprint density at radius 2 is 2.43 bits per heavy atom. The number of aliphatic hydroxyl groups is 1. The average molecular weight is 215 g/mol. The van der Waals surface area contributed by atoms with Gasteiger partial charge < -0.3 is 14.8 Å². The summed E-state index contributed by atoms with van der Waals surface area (Å²) < 4.78 is 4.94. The first kappa shape index (κ1) is 11.6. The Morgan fingerprint density at radius 3 is 3.00 bits per heavy atom. The van der Waals surface area contributed by atoms with E-state index in [9.17, 15) is 5.11 Å². The second-order valence-corrected chi connectivity index (χ2v) is 4.53. The molecule has 2 N–H and O–H groups in total. The Morgan fingerprint density at radius 1 is 1.64 bits per heavy atom. The third-order valence-corrected chi connectivity index (χ3v) is 2.78. The molecule has 1 atom stereocenters. The monoisotopic (exact) mass is 215 g/mol. The van der Waals surface area contributed by atoms with Crippen LogP contribution in [0.15, 0.2) is 23.0 Å². The van der Waals surface area contributed by atoms with E-state index < -0.39 is 5.60 Å². The molecular weight excluding hydrogens is 198 g/mol. The fourth-order valence-electron chi connectivity index (χ4n) is 1.23. The van der Waals surface area contributed by atoms with Crippen LogP contribution in [0.3, 0.4) is 0 Å². The molecule has 0 saturated carbocycles. The molecule has 3 nitrogen and oxygen atoms in total. The Hall–Kier alpha value is -0.450. The van der Waals surface area contributed by atoms with Crippen LogP contribution in [-0.2, 0) is 6.54 Å². The minimum absolute atomic E-state index is 0.596. The van der Waals surface area contributed by atoms with Crippen molar-refractivity contribution in [3.8, 4) is 0 Å². The quantitative estimate of drug-likeness (QED) is 0.754. The van der Waals surface area contributed by atoms with Crippen molar-refractivity contribution in [2.24, 2.45) is 0 Å². The SMILES string of the molecule is CSCC(C)(O)CNCc1ccoc1. The van der Waals surface area contributed by atoms with Crippen molar-refractivity contribution >= 4 is 11.8 Å². The van der Waals surface area contributed by atoms with E-state index in [0.717, 1.165) is 17.9 Å². The normalized spacial score (nSPS) is 15.4. The lowest BCUT2D eigenvalue weighted by Gasteiger charge is -2.22. The van der Waals surface area contributed by atoms with Gasteiger partial charge in [-0.05, 0) is 19.2 Å². The van der Waals surface area contributed by atoms with Gasteiger partial charge >= 0.3 is 0 Å². The molecule has 1 heterocycles. The second-order valence-electron chi connectivity index (χ2n) is 3.67. The average Bonchev–Trinajstić information content (AvgIpc) is 2.56. The van der Waals surface area contributed by atoms with E-state index in [1.165, 1.54) is 0 Å². The van der Waals surface area contributed by atoms with Gasteiger partial charge in [0.05, 0.1) is 18.1 Å². The highest BCUT2D eigenvalue weighted by Gasteiger charge is 2.18. The van der Waals surface area contributed by atoms with E-state index in [-0.39, 0.29) is 0 Å². The highest BCUT2D eigenvalue weighted by atomic mass is 32.2. The third kappa shape index (κ3) is 4.17. The van der Waals surface area contributed by atoms with E-state index in [1.54, 1.807) is 24.3 Å². The van der Waals surface area contributed by atoms with Crippen LogP contribution in [0.25, 0.3) is 0 Å². The van der Waals surface area contributed by atoms with Gasteiger partial charge in [0.1, 0.15) is 0 Å². The Labute approximate surface area is 88.9 Å². The molecule has 1 aromatic rings. The van der Waals surface area contributed by atoms with E-state index in [4.69, 9.17) is 4.42 Å². The van der Waals surface area contributed by atoms with E-state index in [0.29, 0.717) is 6.54 Å². The van der Waals surface area contributed by atoms with E-state index >= 15 is 0 Å². The molecule has 14 heavy (non-hydrogen) atoms. The van der Waals surface area contributed by atoms with Crippen LogP contribution in [-0.4, -0.2) is 29.3 Å². The van der Waals surface area contributed by atoms with Crippen LogP contribution in [0.5, 0.6) is 0 Å². The second kappa shape index (κ2) is 5.44. The van der Waals surface area contributed by atoms with Crippen molar-refractivity contribution in [2.75, 3.05) is 18.6 Å². The van der Waals surface area contributed by atoms with E-state index in [1.807, 2.05) is 19.2 Å². The summed E-state index contributed by atoms with van der Waals surface area (Å²) in [6.45, 7) is 3.17. The van der Waals surface area contributed by atoms with Gasteiger partial charge in [-0.1, -0.05) is 0 Å². The molecule has 0 saturated heterocycles. The first-order chi connectivity index (χ1) is 6.64. The highest BCUT2D eigenvalue weighted by molar-refractivity contribution is 7.98. The minimum atomic E-state index is -0.636. The number of hydrogen-bond donors (Lipinski definition) is 2. The Bertz CT molecular complexity index is 247. The predicted molar refractivity (Wildman–Crippen MR) is 59.4 cm³/mol. The molecule has 0 bridgehead atoms. The van der Waals surface area contributed by atoms with Gasteiger partial charge in [0.15, 0.2) is 0 Å². The van der Waals surface area contributed by atoms with Gasteiger partial charge in [-0.2, -0.15) is 11.8 Å². The van der Waals surface area contributed by atoms with Crippen LogP contribution in [0, 0.1) is 0 Å². The molecule has 1 unspecified atom stereocenters. The maximum Gasteiger partial charge on any atom is 0.0947 e. The Balaban J connectivity index is 2.20. The first-order valence-corrected chi connectivity index (χ1v) is 5.96. The molecule has 0 aliphatic heterocycles. The summed E-state index contributed by atoms with van der Waals surface area (Å²) in [6.07, 6.45) is 5.35. The zero-order chi connectivity index (χ0) is 10.4. The van der Waals surface area contributed by atoms with Crippen molar-refractivity contribution in [1.82, 2.24) is 5.32 Å². The minimum Gasteiger partial charge on any atom is -0.472 e. The topological polar surface area (TPSA) is 45.4 Å². The van der Waals surface area contributed by atoms with Gasteiger partial charge in [0, 0.05) is 24.4 Å². The standard InChI is InChI=1S/C10H17NO2S/c1-10(12,8-14-2)7-11-5-9-3-4-13-6-9/h3-4,6,11-12H,5,7-8H2,1-2H3. The van der Waals surface area contributed by atoms with Crippen LogP contribution >= 0.6 is 11.8 Å². The molecular formula is C10H17NO2S. The summed E-state index contributed by atoms with van der Waals surface area (Å²) >= 11 is 1.65. The molecule has 0 aliphatic rings. The number of nitrogens with one attached hydrogen (secondary N) is 1. The molecule has 0 fully saturated rings. The lowest BCUT2D eigenvalue weighted by atomic mass is 10.1. The lowest BCUT2D eigenvalue weighted by molar-refractivity contribution is 0.0846. The fourth-order valence-corrected chi connectivity index (χ4v) is 1.96. The van der Waals surface area contributed by atoms with Crippen molar-refractivity contribution in [3.63, 3.8) is 0 Å².